The van der Waals surface area contributed by atoms with Crippen LogP contribution in [0.15, 0.2) is 0 Å². The SMILES string of the molecule is CC1CN(CCCCC(C)(C)C(=N)N)CC(CO)O1. The number of aliphatic hydroxyl groups excluding tert-OH is 1. The summed E-state index contributed by atoms with van der Waals surface area (Å²) in [6, 6.07) is 0. The number of unbranched alkanes of at least 4 members (excludes halogenated alkanes) is 1. The van der Waals surface area contributed by atoms with Crippen molar-refractivity contribution >= 4 is 5.84 Å². The standard InChI is InChI=1S/C14H29N3O2/c1-11-8-17(9-12(10-18)19-11)7-5-4-6-14(2,3)13(15)16/h11-12,18H,4-10H2,1-3H3,(H3,15,16). The highest BCUT2D eigenvalue weighted by Crippen LogP contribution is 2.23. The number of ether oxygens (including phenoxy) is 1. The maximum absolute atomic E-state index is 9.18. The van der Waals surface area contributed by atoms with Gasteiger partial charge in [-0.2, -0.15) is 0 Å². The van der Waals surface area contributed by atoms with Gasteiger partial charge in [0.1, 0.15) is 0 Å². The Kier molecular flexibility index (Phi) is 6.23. The summed E-state index contributed by atoms with van der Waals surface area (Å²) in [5.74, 6) is 0.271. The number of nitrogens with one attached hydrogen (secondary N) is 1. The van der Waals surface area contributed by atoms with Crippen LogP contribution in [-0.4, -0.2) is 54.3 Å². The molecule has 0 bridgehead atoms. The second kappa shape index (κ2) is 7.22. The van der Waals surface area contributed by atoms with Crippen molar-refractivity contribution in [3.8, 4) is 0 Å². The smallest absolute Gasteiger partial charge is 0.0963 e. The molecule has 1 heterocycles. The van der Waals surface area contributed by atoms with Crippen molar-refractivity contribution in [1.29, 1.82) is 5.41 Å². The van der Waals surface area contributed by atoms with Gasteiger partial charge < -0.3 is 15.6 Å². The highest BCUT2D eigenvalue weighted by Gasteiger charge is 2.25. The Balaban J connectivity index is 2.24. The summed E-state index contributed by atoms with van der Waals surface area (Å²) < 4.78 is 5.62. The van der Waals surface area contributed by atoms with Gasteiger partial charge >= 0.3 is 0 Å². The molecule has 5 heteroatoms. The summed E-state index contributed by atoms with van der Waals surface area (Å²) in [6.07, 6.45) is 3.27. The molecule has 0 aliphatic carbocycles. The summed E-state index contributed by atoms with van der Waals surface area (Å²) in [5, 5.41) is 16.7. The van der Waals surface area contributed by atoms with Gasteiger partial charge in [0, 0.05) is 18.5 Å². The molecule has 0 saturated carbocycles. The molecule has 1 aliphatic heterocycles. The molecule has 0 aromatic rings. The minimum atomic E-state index is -0.189. The molecule has 0 radical (unpaired) electrons. The van der Waals surface area contributed by atoms with E-state index in [1.807, 2.05) is 20.8 Å². The monoisotopic (exact) mass is 271 g/mol. The van der Waals surface area contributed by atoms with Gasteiger partial charge in [-0.05, 0) is 26.3 Å². The van der Waals surface area contributed by atoms with Crippen LogP contribution >= 0.6 is 0 Å². The van der Waals surface area contributed by atoms with E-state index in [-0.39, 0.29) is 30.1 Å². The summed E-state index contributed by atoms with van der Waals surface area (Å²) in [4.78, 5) is 2.36. The predicted molar refractivity (Wildman–Crippen MR) is 77.4 cm³/mol. The first kappa shape index (κ1) is 16.4. The van der Waals surface area contributed by atoms with E-state index in [4.69, 9.17) is 15.9 Å². The highest BCUT2D eigenvalue weighted by molar-refractivity contribution is 5.82. The van der Waals surface area contributed by atoms with Crippen molar-refractivity contribution < 1.29 is 9.84 Å². The van der Waals surface area contributed by atoms with Crippen LogP contribution < -0.4 is 5.73 Å². The number of aliphatic hydroxyl groups is 1. The second-order valence-electron chi connectivity index (χ2n) is 6.27. The van der Waals surface area contributed by atoms with Gasteiger partial charge in [0.25, 0.3) is 0 Å². The fourth-order valence-electron chi connectivity index (χ4n) is 2.46. The van der Waals surface area contributed by atoms with Crippen molar-refractivity contribution in [1.82, 2.24) is 4.90 Å². The van der Waals surface area contributed by atoms with Gasteiger partial charge in [-0.15, -0.1) is 0 Å². The lowest BCUT2D eigenvalue weighted by atomic mass is 9.86. The fraction of sp³-hybridized carbons (Fsp3) is 0.929. The Bertz CT molecular complexity index is 294. The average molecular weight is 271 g/mol. The fourth-order valence-corrected chi connectivity index (χ4v) is 2.46. The van der Waals surface area contributed by atoms with Crippen LogP contribution in [0.1, 0.15) is 40.0 Å². The van der Waals surface area contributed by atoms with Crippen LogP contribution in [0.25, 0.3) is 0 Å². The molecule has 112 valence electrons. The topological polar surface area (TPSA) is 82.6 Å². The maximum Gasteiger partial charge on any atom is 0.0963 e. The molecule has 0 amide bonds. The molecule has 2 unspecified atom stereocenters. The summed E-state index contributed by atoms with van der Waals surface area (Å²) in [6.45, 7) is 8.97. The van der Waals surface area contributed by atoms with Crippen molar-refractivity contribution in [2.45, 2.75) is 52.2 Å². The van der Waals surface area contributed by atoms with Crippen LogP contribution in [-0.2, 0) is 4.74 Å². The third-order valence-electron chi connectivity index (χ3n) is 3.86. The number of rotatable bonds is 7. The molecule has 1 rings (SSSR count). The van der Waals surface area contributed by atoms with Crippen LogP contribution in [0.2, 0.25) is 0 Å². The molecule has 1 aliphatic rings. The van der Waals surface area contributed by atoms with Crippen LogP contribution in [0.3, 0.4) is 0 Å². The third-order valence-corrected chi connectivity index (χ3v) is 3.86. The average Bonchev–Trinajstić information content (AvgIpc) is 2.33. The number of morpholine rings is 1. The molecule has 4 N–H and O–H groups in total. The molecule has 1 fully saturated rings. The minimum Gasteiger partial charge on any atom is -0.394 e. The van der Waals surface area contributed by atoms with E-state index in [0.29, 0.717) is 0 Å². The molecule has 0 aromatic carbocycles. The first-order valence-electron chi connectivity index (χ1n) is 7.18. The first-order valence-corrected chi connectivity index (χ1v) is 7.18. The van der Waals surface area contributed by atoms with E-state index in [1.165, 1.54) is 0 Å². The summed E-state index contributed by atoms with van der Waals surface area (Å²) >= 11 is 0. The van der Waals surface area contributed by atoms with Crippen molar-refractivity contribution in [2.75, 3.05) is 26.2 Å². The molecular weight excluding hydrogens is 242 g/mol. The van der Waals surface area contributed by atoms with E-state index in [2.05, 4.69) is 4.90 Å². The zero-order valence-corrected chi connectivity index (χ0v) is 12.5. The molecule has 19 heavy (non-hydrogen) atoms. The van der Waals surface area contributed by atoms with Crippen LogP contribution in [0.5, 0.6) is 0 Å². The Morgan fingerprint density at radius 1 is 1.42 bits per heavy atom. The lowest BCUT2D eigenvalue weighted by molar-refractivity contribution is -0.0952. The Morgan fingerprint density at radius 3 is 2.68 bits per heavy atom. The van der Waals surface area contributed by atoms with Crippen molar-refractivity contribution in [2.24, 2.45) is 11.1 Å². The van der Waals surface area contributed by atoms with Gasteiger partial charge in [0.05, 0.1) is 24.7 Å². The van der Waals surface area contributed by atoms with E-state index in [9.17, 15) is 5.11 Å². The lowest BCUT2D eigenvalue weighted by Crippen LogP contribution is -2.48. The number of hydrogen-bond donors (Lipinski definition) is 3. The van der Waals surface area contributed by atoms with Gasteiger partial charge in [-0.1, -0.05) is 20.3 Å². The second-order valence-corrected chi connectivity index (χ2v) is 6.27. The Hall–Kier alpha value is -0.650. The largest absolute Gasteiger partial charge is 0.394 e. The first-order chi connectivity index (χ1) is 8.85. The quantitative estimate of drug-likeness (QED) is 0.369. The molecule has 5 nitrogen and oxygen atoms in total. The normalized spacial score (nSPS) is 25.5. The third kappa shape index (κ3) is 5.47. The van der Waals surface area contributed by atoms with Crippen LogP contribution in [0.4, 0.5) is 0 Å². The molecular formula is C14H29N3O2. The van der Waals surface area contributed by atoms with Gasteiger partial charge in [-0.3, -0.25) is 10.3 Å². The minimum absolute atomic E-state index is 0.0441. The van der Waals surface area contributed by atoms with E-state index in [1.54, 1.807) is 0 Å². The van der Waals surface area contributed by atoms with Crippen LogP contribution in [0, 0.1) is 10.8 Å². The molecule has 1 saturated heterocycles. The highest BCUT2D eigenvalue weighted by atomic mass is 16.5. The zero-order chi connectivity index (χ0) is 14.5. The van der Waals surface area contributed by atoms with Gasteiger partial charge in [0.2, 0.25) is 0 Å². The molecule has 0 aromatic heterocycles. The molecule has 0 spiro atoms. The molecule has 2 atom stereocenters. The van der Waals surface area contributed by atoms with Crippen molar-refractivity contribution in [3.63, 3.8) is 0 Å². The van der Waals surface area contributed by atoms with E-state index in [0.717, 1.165) is 38.9 Å². The van der Waals surface area contributed by atoms with E-state index >= 15 is 0 Å². The summed E-state index contributed by atoms with van der Waals surface area (Å²) in [7, 11) is 0. The Morgan fingerprint density at radius 2 is 2.11 bits per heavy atom. The number of amidine groups is 1. The number of hydrogen-bond acceptors (Lipinski definition) is 4. The van der Waals surface area contributed by atoms with Crippen molar-refractivity contribution in [3.05, 3.63) is 0 Å². The zero-order valence-electron chi connectivity index (χ0n) is 12.5. The Labute approximate surface area is 116 Å². The van der Waals surface area contributed by atoms with Gasteiger partial charge in [-0.25, -0.2) is 0 Å². The maximum atomic E-state index is 9.18. The number of nitrogens with two attached hydrogens (primary N) is 1. The summed E-state index contributed by atoms with van der Waals surface area (Å²) in [5.41, 5.74) is 5.39. The van der Waals surface area contributed by atoms with E-state index < -0.39 is 0 Å². The predicted octanol–water partition coefficient (Wildman–Crippen LogP) is 1.20. The lowest BCUT2D eigenvalue weighted by Gasteiger charge is -2.36. The van der Waals surface area contributed by atoms with Gasteiger partial charge in [0.15, 0.2) is 0 Å². The number of nitrogens with zero attached hydrogens (tertiary/aromatic N) is 1.